The standard InChI is InChI=1S/C10H8ClF6N.ClH/c11-7-2-1-5(10(15,16)17)3-6(7)8(18)4-9(12,13)14;/h1-3,8H,4,18H2;1H/t8-;/m1./s1. The molecule has 1 aromatic carbocycles. The fraction of sp³-hybridized carbons (Fsp3) is 0.400. The first kappa shape index (κ1) is 18.3. The zero-order valence-corrected chi connectivity index (χ0v) is 10.7. The summed E-state index contributed by atoms with van der Waals surface area (Å²) < 4.78 is 73.5. The third-order valence-corrected chi connectivity index (χ3v) is 2.52. The van der Waals surface area contributed by atoms with Crippen molar-refractivity contribution in [2.45, 2.75) is 24.8 Å². The largest absolute Gasteiger partial charge is 0.416 e. The molecular weight excluding hydrogens is 319 g/mol. The summed E-state index contributed by atoms with van der Waals surface area (Å²) in [5.41, 5.74) is 3.77. The van der Waals surface area contributed by atoms with Gasteiger partial charge in [-0.2, -0.15) is 26.3 Å². The predicted molar refractivity (Wildman–Crippen MR) is 61.3 cm³/mol. The molecule has 0 saturated carbocycles. The molecule has 1 atom stereocenters. The molecule has 0 aromatic heterocycles. The molecule has 0 saturated heterocycles. The van der Waals surface area contributed by atoms with E-state index in [9.17, 15) is 26.3 Å². The Morgan fingerprint density at radius 1 is 1.11 bits per heavy atom. The van der Waals surface area contributed by atoms with Crippen molar-refractivity contribution in [3.05, 3.63) is 34.3 Å². The molecule has 1 rings (SSSR count). The van der Waals surface area contributed by atoms with E-state index < -0.39 is 30.4 Å². The summed E-state index contributed by atoms with van der Waals surface area (Å²) in [6.45, 7) is 0. The number of rotatable bonds is 2. The molecule has 0 bridgehead atoms. The van der Waals surface area contributed by atoms with E-state index in [0.717, 1.165) is 6.07 Å². The molecule has 0 aliphatic rings. The van der Waals surface area contributed by atoms with Gasteiger partial charge in [0.1, 0.15) is 0 Å². The molecule has 0 heterocycles. The molecule has 1 aromatic rings. The number of nitrogens with two attached hydrogens (primary N) is 1. The van der Waals surface area contributed by atoms with E-state index in [4.69, 9.17) is 17.3 Å². The molecule has 0 aliphatic carbocycles. The lowest BCUT2D eigenvalue weighted by atomic mass is 10.0. The van der Waals surface area contributed by atoms with Crippen LogP contribution in [0.3, 0.4) is 0 Å². The third-order valence-electron chi connectivity index (χ3n) is 2.17. The van der Waals surface area contributed by atoms with Crippen LogP contribution < -0.4 is 5.73 Å². The van der Waals surface area contributed by atoms with Crippen LogP contribution in [-0.2, 0) is 6.18 Å². The maximum Gasteiger partial charge on any atom is 0.416 e. The van der Waals surface area contributed by atoms with Gasteiger partial charge in [0.2, 0.25) is 0 Å². The van der Waals surface area contributed by atoms with E-state index in [1.165, 1.54) is 0 Å². The molecule has 0 amide bonds. The van der Waals surface area contributed by atoms with Crippen molar-refractivity contribution in [3.63, 3.8) is 0 Å². The van der Waals surface area contributed by atoms with Gasteiger partial charge in [0.15, 0.2) is 0 Å². The maximum atomic E-state index is 12.4. The van der Waals surface area contributed by atoms with Gasteiger partial charge in [-0.05, 0) is 23.8 Å². The molecule has 1 nitrogen and oxygen atoms in total. The number of benzene rings is 1. The molecule has 0 spiro atoms. The van der Waals surface area contributed by atoms with Gasteiger partial charge in [-0.15, -0.1) is 12.4 Å². The SMILES string of the molecule is Cl.N[C@H](CC(F)(F)F)c1cc(C(F)(F)F)ccc1Cl. The average molecular weight is 328 g/mol. The first-order valence-electron chi connectivity index (χ1n) is 4.69. The Morgan fingerprint density at radius 2 is 1.63 bits per heavy atom. The second-order valence-corrected chi connectivity index (χ2v) is 4.07. The van der Waals surface area contributed by atoms with Gasteiger partial charge in [-0.25, -0.2) is 0 Å². The fourth-order valence-corrected chi connectivity index (χ4v) is 1.62. The third kappa shape index (κ3) is 5.46. The van der Waals surface area contributed by atoms with Crippen LogP contribution in [0.25, 0.3) is 0 Å². The van der Waals surface area contributed by atoms with Crippen molar-refractivity contribution in [3.8, 4) is 0 Å². The molecule has 0 unspecified atom stereocenters. The molecule has 19 heavy (non-hydrogen) atoms. The smallest absolute Gasteiger partial charge is 0.324 e. The van der Waals surface area contributed by atoms with E-state index >= 15 is 0 Å². The molecule has 9 heteroatoms. The number of hydrogen-bond donors (Lipinski definition) is 1. The van der Waals surface area contributed by atoms with E-state index in [-0.39, 0.29) is 23.0 Å². The van der Waals surface area contributed by atoms with Crippen molar-refractivity contribution in [2.75, 3.05) is 0 Å². The summed E-state index contributed by atoms with van der Waals surface area (Å²) in [7, 11) is 0. The number of alkyl halides is 6. The molecule has 0 fully saturated rings. The van der Waals surface area contributed by atoms with Gasteiger partial charge < -0.3 is 5.73 Å². The Kier molecular flexibility index (Phi) is 5.98. The van der Waals surface area contributed by atoms with E-state index in [2.05, 4.69) is 0 Å². The van der Waals surface area contributed by atoms with Crippen molar-refractivity contribution in [1.82, 2.24) is 0 Å². The minimum atomic E-state index is -4.66. The highest BCUT2D eigenvalue weighted by Gasteiger charge is 2.34. The van der Waals surface area contributed by atoms with Gasteiger partial charge >= 0.3 is 12.4 Å². The highest BCUT2D eigenvalue weighted by Crippen LogP contribution is 2.36. The lowest BCUT2D eigenvalue weighted by Crippen LogP contribution is -2.21. The van der Waals surface area contributed by atoms with Crippen molar-refractivity contribution in [1.29, 1.82) is 0 Å². The zero-order valence-electron chi connectivity index (χ0n) is 9.15. The van der Waals surface area contributed by atoms with E-state index in [0.29, 0.717) is 12.1 Å². The molecule has 0 radical (unpaired) electrons. The van der Waals surface area contributed by atoms with E-state index in [1.54, 1.807) is 0 Å². The molecule has 0 aliphatic heterocycles. The average Bonchev–Trinajstić information content (AvgIpc) is 2.13. The summed E-state index contributed by atoms with van der Waals surface area (Å²) in [5, 5.41) is -0.222. The Hall–Kier alpha value is -0.660. The Labute approximate surface area is 116 Å². The minimum Gasteiger partial charge on any atom is -0.324 e. The van der Waals surface area contributed by atoms with Crippen LogP contribution >= 0.6 is 24.0 Å². The second kappa shape index (κ2) is 6.19. The summed E-state index contributed by atoms with van der Waals surface area (Å²) in [6.07, 6.45) is -10.7. The molecule has 110 valence electrons. The highest BCUT2D eigenvalue weighted by atomic mass is 35.5. The van der Waals surface area contributed by atoms with Crippen LogP contribution in [0.2, 0.25) is 5.02 Å². The van der Waals surface area contributed by atoms with Gasteiger partial charge in [-0.3, -0.25) is 0 Å². The maximum absolute atomic E-state index is 12.4. The lowest BCUT2D eigenvalue weighted by molar-refractivity contribution is -0.138. The van der Waals surface area contributed by atoms with Crippen LogP contribution in [0.15, 0.2) is 18.2 Å². The lowest BCUT2D eigenvalue weighted by Gasteiger charge is -2.17. The summed E-state index contributed by atoms with van der Waals surface area (Å²) >= 11 is 5.56. The van der Waals surface area contributed by atoms with Gasteiger partial charge in [0, 0.05) is 11.1 Å². The molecular formula is C10H9Cl2F6N. The highest BCUT2D eigenvalue weighted by molar-refractivity contribution is 6.31. The van der Waals surface area contributed by atoms with Crippen LogP contribution in [0.4, 0.5) is 26.3 Å². The number of halogens is 8. The predicted octanol–water partition coefficient (Wildman–Crippen LogP) is 4.73. The van der Waals surface area contributed by atoms with E-state index in [1.807, 2.05) is 0 Å². The zero-order chi connectivity index (χ0) is 14.1. The topological polar surface area (TPSA) is 26.0 Å². The van der Waals surface area contributed by atoms with Crippen LogP contribution in [0.1, 0.15) is 23.6 Å². The summed E-state index contributed by atoms with van der Waals surface area (Å²) in [4.78, 5) is 0. The van der Waals surface area contributed by atoms with Crippen LogP contribution in [0.5, 0.6) is 0 Å². The Morgan fingerprint density at radius 3 is 2.05 bits per heavy atom. The van der Waals surface area contributed by atoms with Gasteiger partial charge in [0.25, 0.3) is 0 Å². The second-order valence-electron chi connectivity index (χ2n) is 3.66. The summed E-state index contributed by atoms with van der Waals surface area (Å²) in [5.74, 6) is 0. The summed E-state index contributed by atoms with van der Waals surface area (Å²) in [6, 6.07) is 0.487. The number of hydrogen-bond acceptors (Lipinski definition) is 1. The van der Waals surface area contributed by atoms with Crippen molar-refractivity contribution in [2.24, 2.45) is 5.73 Å². The first-order chi connectivity index (χ1) is 8.00. The Balaban J connectivity index is 0.00000324. The molecule has 2 N–H and O–H groups in total. The van der Waals surface area contributed by atoms with Crippen LogP contribution in [0, 0.1) is 0 Å². The van der Waals surface area contributed by atoms with Crippen molar-refractivity contribution < 1.29 is 26.3 Å². The minimum absolute atomic E-state index is 0. The Bertz CT molecular complexity index is 429. The fourth-order valence-electron chi connectivity index (χ4n) is 1.36. The quantitative estimate of drug-likeness (QED) is 0.780. The monoisotopic (exact) mass is 327 g/mol. The van der Waals surface area contributed by atoms with Crippen molar-refractivity contribution >= 4 is 24.0 Å². The first-order valence-corrected chi connectivity index (χ1v) is 5.07. The van der Waals surface area contributed by atoms with Gasteiger partial charge in [0.05, 0.1) is 12.0 Å². The normalized spacial score (nSPS) is 13.9. The van der Waals surface area contributed by atoms with Gasteiger partial charge in [-0.1, -0.05) is 11.6 Å². The van der Waals surface area contributed by atoms with Crippen LogP contribution in [-0.4, -0.2) is 6.18 Å².